The first-order chi connectivity index (χ1) is 11.1. The van der Waals surface area contributed by atoms with Gasteiger partial charge in [-0.15, -0.1) is 24.0 Å². The number of halogens is 1. The average Bonchev–Trinajstić information content (AvgIpc) is 2.51. The maximum atomic E-state index is 11.2. The second kappa shape index (κ2) is 10.5. The minimum absolute atomic E-state index is 0. The summed E-state index contributed by atoms with van der Waals surface area (Å²) in [4.78, 5) is 22.6. The molecule has 1 atom stereocenters. The zero-order valence-corrected chi connectivity index (χ0v) is 16.8. The van der Waals surface area contributed by atoms with Crippen LogP contribution in [0.1, 0.15) is 37.6 Å². The van der Waals surface area contributed by atoms with Crippen molar-refractivity contribution in [2.45, 2.75) is 39.7 Å². The zero-order chi connectivity index (χ0) is 16.7. The third kappa shape index (κ3) is 6.62. The van der Waals surface area contributed by atoms with Crippen LogP contribution in [0.4, 0.5) is 0 Å². The van der Waals surface area contributed by atoms with Crippen LogP contribution < -0.4 is 11.1 Å². The molecule has 0 bridgehead atoms. The maximum Gasteiger partial charge on any atom is 0.217 e. The molecule has 1 fully saturated rings. The summed E-state index contributed by atoms with van der Waals surface area (Å²) in [5, 5.41) is 3.34. The van der Waals surface area contributed by atoms with Gasteiger partial charge in [-0.3, -0.25) is 9.78 Å². The number of nitrogens with one attached hydrogen (secondary N) is 1. The second-order valence-electron chi connectivity index (χ2n) is 6.07. The van der Waals surface area contributed by atoms with Gasteiger partial charge in [0.25, 0.3) is 0 Å². The molecular weight excluding hydrogens is 417 g/mol. The van der Waals surface area contributed by atoms with Gasteiger partial charge in [-0.25, -0.2) is 4.99 Å². The SMILES string of the molecule is CCNC(=NCc1cccc(C)n1)N1CCCC(CC(N)=O)C1.I. The van der Waals surface area contributed by atoms with Gasteiger partial charge >= 0.3 is 0 Å². The Morgan fingerprint density at radius 3 is 2.96 bits per heavy atom. The molecule has 24 heavy (non-hydrogen) atoms. The predicted molar refractivity (Wildman–Crippen MR) is 107 cm³/mol. The van der Waals surface area contributed by atoms with Gasteiger partial charge in [-0.1, -0.05) is 6.07 Å². The molecule has 3 N–H and O–H groups in total. The summed E-state index contributed by atoms with van der Waals surface area (Å²) in [7, 11) is 0. The Morgan fingerprint density at radius 2 is 2.29 bits per heavy atom. The number of aromatic nitrogens is 1. The summed E-state index contributed by atoms with van der Waals surface area (Å²) in [5.41, 5.74) is 7.31. The third-order valence-electron chi connectivity index (χ3n) is 3.98. The normalized spacial score (nSPS) is 18.0. The molecule has 0 radical (unpaired) electrons. The lowest BCUT2D eigenvalue weighted by Crippen LogP contribution is -2.47. The molecule has 6 nitrogen and oxygen atoms in total. The van der Waals surface area contributed by atoms with Gasteiger partial charge in [0.2, 0.25) is 5.91 Å². The fourth-order valence-electron chi connectivity index (χ4n) is 2.98. The van der Waals surface area contributed by atoms with Gasteiger partial charge < -0.3 is 16.0 Å². The monoisotopic (exact) mass is 445 g/mol. The van der Waals surface area contributed by atoms with Gasteiger partial charge in [0.15, 0.2) is 5.96 Å². The van der Waals surface area contributed by atoms with E-state index < -0.39 is 0 Å². The topological polar surface area (TPSA) is 83.6 Å². The van der Waals surface area contributed by atoms with Crippen LogP contribution in [0.15, 0.2) is 23.2 Å². The molecule has 1 aliphatic rings. The summed E-state index contributed by atoms with van der Waals surface area (Å²) in [6, 6.07) is 5.98. The number of aliphatic imine (C=N–C) groups is 1. The minimum Gasteiger partial charge on any atom is -0.370 e. The number of piperidine rings is 1. The van der Waals surface area contributed by atoms with E-state index in [1.807, 2.05) is 25.1 Å². The first kappa shape index (κ1) is 20.7. The summed E-state index contributed by atoms with van der Waals surface area (Å²) in [6.45, 7) is 7.21. The third-order valence-corrected chi connectivity index (χ3v) is 3.98. The molecule has 1 saturated heterocycles. The van der Waals surface area contributed by atoms with Crippen molar-refractivity contribution in [2.24, 2.45) is 16.6 Å². The average molecular weight is 445 g/mol. The van der Waals surface area contributed by atoms with E-state index in [9.17, 15) is 4.79 Å². The van der Waals surface area contributed by atoms with E-state index in [1.165, 1.54) is 0 Å². The van der Waals surface area contributed by atoms with E-state index in [-0.39, 0.29) is 29.9 Å². The number of guanidine groups is 1. The Balaban J connectivity index is 0.00000288. The Morgan fingerprint density at radius 1 is 1.50 bits per heavy atom. The highest BCUT2D eigenvalue weighted by atomic mass is 127. The van der Waals surface area contributed by atoms with Crippen molar-refractivity contribution in [2.75, 3.05) is 19.6 Å². The van der Waals surface area contributed by atoms with E-state index in [4.69, 9.17) is 10.7 Å². The lowest BCUT2D eigenvalue weighted by atomic mass is 9.95. The lowest BCUT2D eigenvalue weighted by molar-refractivity contribution is -0.119. The van der Waals surface area contributed by atoms with Crippen molar-refractivity contribution in [1.82, 2.24) is 15.2 Å². The van der Waals surface area contributed by atoms with Crippen LogP contribution in [-0.2, 0) is 11.3 Å². The number of carbonyl (C=O) groups is 1. The van der Waals surface area contributed by atoms with E-state index in [2.05, 4.69) is 22.1 Å². The highest BCUT2D eigenvalue weighted by Gasteiger charge is 2.23. The Labute approximate surface area is 161 Å². The highest BCUT2D eigenvalue weighted by molar-refractivity contribution is 14.0. The zero-order valence-electron chi connectivity index (χ0n) is 14.5. The number of rotatable bonds is 5. The van der Waals surface area contributed by atoms with E-state index >= 15 is 0 Å². The van der Waals surface area contributed by atoms with Crippen molar-refractivity contribution in [1.29, 1.82) is 0 Å². The molecule has 1 aromatic rings. The van der Waals surface area contributed by atoms with Gasteiger partial charge in [-0.2, -0.15) is 0 Å². The van der Waals surface area contributed by atoms with Crippen LogP contribution in [0.25, 0.3) is 0 Å². The molecular formula is C17H28IN5O. The number of hydrogen-bond donors (Lipinski definition) is 2. The van der Waals surface area contributed by atoms with Crippen molar-refractivity contribution >= 4 is 35.8 Å². The number of carbonyl (C=O) groups excluding carboxylic acids is 1. The second-order valence-corrected chi connectivity index (χ2v) is 6.07. The van der Waals surface area contributed by atoms with Crippen LogP contribution in [0.5, 0.6) is 0 Å². The molecule has 0 spiro atoms. The molecule has 1 amide bonds. The number of aryl methyl sites for hydroxylation is 1. The smallest absolute Gasteiger partial charge is 0.217 e. The molecule has 0 aromatic carbocycles. The molecule has 7 heteroatoms. The summed E-state index contributed by atoms with van der Waals surface area (Å²) in [5.74, 6) is 0.995. The van der Waals surface area contributed by atoms with Crippen molar-refractivity contribution in [3.63, 3.8) is 0 Å². The predicted octanol–water partition coefficient (Wildman–Crippen LogP) is 2.06. The number of nitrogens with zero attached hydrogens (tertiary/aromatic N) is 3. The van der Waals surface area contributed by atoms with Crippen molar-refractivity contribution in [3.8, 4) is 0 Å². The van der Waals surface area contributed by atoms with Crippen LogP contribution >= 0.6 is 24.0 Å². The summed E-state index contributed by atoms with van der Waals surface area (Å²) < 4.78 is 0. The fourth-order valence-corrected chi connectivity index (χ4v) is 2.98. The Kier molecular flexibility index (Phi) is 9.02. The van der Waals surface area contributed by atoms with Crippen LogP contribution in [0.2, 0.25) is 0 Å². The largest absolute Gasteiger partial charge is 0.370 e. The van der Waals surface area contributed by atoms with E-state index in [0.29, 0.717) is 18.9 Å². The molecule has 134 valence electrons. The van der Waals surface area contributed by atoms with Crippen LogP contribution in [-0.4, -0.2) is 41.4 Å². The van der Waals surface area contributed by atoms with Crippen molar-refractivity contribution < 1.29 is 4.79 Å². The van der Waals surface area contributed by atoms with Crippen LogP contribution in [0.3, 0.4) is 0 Å². The van der Waals surface area contributed by atoms with E-state index in [0.717, 1.165) is 49.8 Å². The summed E-state index contributed by atoms with van der Waals surface area (Å²) >= 11 is 0. The molecule has 1 aromatic heterocycles. The highest BCUT2D eigenvalue weighted by Crippen LogP contribution is 2.19. The maximum absolute atomic E-state index is 11.2. The number of likely N-dealkylation sites (tertiary alicyclic amines) is 1. The molecule has 2 heterocycles. The number of amides is 1. The molecule has 1 unspecified atom stereocenters. The van der Waals surface area contributed by atoms with Crippen molar-refractivity contribution in [3.05, 3.63) is 29.6 Å². The van der Waals surface area contributed by atoms with Crippen LogP contribution in [0, 0.1) is 12.8 Å². The number of pyridine rings is 1. The molecule has 0 saturated carbocycles. The Bertz CT molecular complexity index is 564. The first-order valence-corrected chi connectivity index (χ1v) is 8.32. The van der Waals surface area contributed by atoms with E-state index in [1.54, 1.807) is 0 Å². The number of hydrogen-bond acceptors (Lipinski definition) is 3. The summed E-state index contributed by atoms with van der Waals surface area (Å²) in [6.07, 6.45) is 2.57. The number of primary amides is 1. The first-order valence-electron chi connectivity index (χ1n) is 8.32. The van der Waals surface area contributed by atoms with Gasteiger partial charge in [0.05, 0.1) is 12.2 Å². The fraction of sp³-hybridized carbons (Fsp3) is 0.588. The standard InChI is InChI=1S/C17H27N5O.HI/c1-3-19-17(20-11-15-8-4-6-13(2)21-15)22-9-5-7-14(12-22)10-16(18)23;/h4,6,8,14H,3,5,7,9-12H2,1-2H3,(H2,18,23)(H,19,20);1H. The molecule has 2 rings (SSSR count). The Hall–Kier alpha value is -1.38. The van der Waals surface area contributed by atoms with Gasteiger partial charge in [-0.05, 0) is 44.7 Å². The van der Waals surface area contributed by atoms with Gasteiger partial charge in [0, 0.05) is 31.7 Å². The molecule has 1 aliphatic heterocycles. The minimum atomic E-state index is -0.220. The van der Waals surface area contributed by atoms with Gasteiger partial charge in [0.1, 0.15) is 0 Å². The number of nitrogens with two attached hydrogens (primary N) is 1. The lowest BCUT2D eigenvalue weighted by Gasteiger charge is -2.34. The quantitative estimate of drug-likeness (QED) is 0.413. The molecule has 0 aliphatic carbocycles.